The summed E-state index contributed by atoms with van der Waals surface area (Å²) in [6.45, 7) is 4.75. The Hall–Kier alpha value is -2.15. The van der Waals surface area contributed by atoms with Crippen LogP contribution >= 0.6 is 0 Å². The highest BCUT2D eigenvalue weighted by molar-refractivity contribution is 6.11. The van der Waals surface area contributed by atoms with E-state index in [1.807, 2.05) is 6.08 Å². The number of rotatable bonds is 2. The first-order chi connectivity index (χ1) is 9.36. The second-order valence-electron chi connectivity index (χ2n) is 4.82. The molecule has 0 unspecified atom stereocenters. The van der Waals surface area contributed by atoms with Crippen LogP contribution in [-0.4, -0.2) is 12.3 Å². The second-order valence-corrected chi connectivity index (χ2v) is 4.82. The SMILES string of the molecule is C=CC1=CCCN=C1/C=C1/C=c2ccccc2=CC1. The summed E-state index contributed by atoms with van der Waals surface area (Å²) in [5, 5.41) is 2.62. The lowest BCUT2D eigenvalue weighted by molar-refractivity contribution is 0.987. The van der Waals surface area contributed by atoms with Gasteiger partial charge >= 0.3 is 0 Å². The Morgan fingerprint density at radius 3 is 2.79 bits per heavy atom. The van der Waals surface area contributed by atoms with Crippen molar-refractivity contribution in [3.8, 4) is 0 Å². The molecule has 0 atom stereocenters. The first kappa shape index (κ1) is 11.9. The third-order valence-electron chi connectivity index (χ3n) is 3.51. The number of aliphatic imine (C=N–C) groups is 1. The number of nitrogens with zero attached hydrogens (tertiary/aromatic N) is 1. The zero-order valence-corrected chi connectivity index (χ0v) is 11.0. The molecule has 0 fully saturated rings. The van der Waals surface area contributed by atoms with Crippen molar-refractivity contribution < 1.29 is 0 Å². The zero-order chi connectivity index (χ0) is 13.1. The van der Waals surface area contributed by atoms with Gasteiger partial charge in [-0.2, -0.15) is 0 Å². The van der Waals surface area contributed by atoms with E-state index in [2.05, 4.69) is 60.1 Å². The van der Waals surface area contributed by atoms with Crippen molar-refractivity contribution in [1.82, 2.24) is 0 Å². The Bertz CT molecular complexity index is 714. The summed E-state index contributed by atoms with van der Waals surface area (Å²) in [5.41, 5.74) is 3.54. The predicted molar refractivity (Wildman–Crippen MR) is 82.5 cm³/mol. The minimum absolute atomic E-state index is 0.886. The maximum absolute atomic E-state index is 4.60. The molecule has 0 N–H and O–H groups in total. The minimum Gasteiger partial charge on any atom is -0.284 e. The molecular weight excluding hydrogens is 230 g/mol. The van der Waals surface area contributed by atoms with Gasteiger partial charge in [-0.1, -0.05) is 55.1 Å². The molecule has 0 saturated heterocycles. The minimum atomic E-state index is 0.886. The molecule has 94 valence electrons. The molecule has 0 radical (unpaired) electrons. The molecule has 1 nitrogen and oxygen atoms in total. The first-order valence-electron chi connectivity index (χ1n) is 6.72. The van der Waals surface area contributed by atoms with Crippen molar-refractivity contribution in [3.63, 3.8) is 0 Å². The second kappa shape index (κ2) is 5.23. The molecule has 19 heavy (non-hydrogen) atoms. The summed E-state index contributed by atoms with van der Waals surface area (Å²) in [4.78, 5) is 4.60. The van der Waals surface area contributed by atoms with Gasteiger partial charge in [0, 0.05) is 6.54 Å². The molecule has 0 saturated carbocycles. The molecule has 1 aliphatic heterocycles. The number of dihydropyridines is 1. The van der Waals surface area contributed by atoms with Crippen LogP contribution in [0, 0.1) is 0 Å². The lowest BCUT2D eigenvalue weighted by atomic mass is 9.98. The highest BCUT2D eigenvalue weighted by Gasteiger charge is 2.06. The molecule has 3 rings (SSSR count). The van der Waals surface area contributed by atoms with Gasteiger partial charge < -0.3 is 0 Å². The van der Waals surface area contributed by atoms with Gasteiger partial charge in [0.1, 0.15) is 0 Å². The Labute approximate surface area is 113 Å². The van der Waals surface area contributed by atoms with Crippen molar-refractivity contribution in [2.24, 2.45) is 4.99 Å². The van der Waals surface area contributed by atoms with Crippen LogP contribution in [0.15, 0.2) is 65.2 Å². The van der Waals surface area contributed by atoms with Gasteiger partial charge in [0.15, 0.2) is 0 Å². The Morgan fingerprint density at radius 1 is 1.11 bits per heavy atom. The molecule has 2 aliphatic rings. The molecule has 0 aromatic heterocycles. The quantitative estimate of drug-likeness (QED) is 0.761. The molecule has 1 heterocycles. The van der Waals surface area contributed by atoms with Crippen LogP contribution in [0.25, 0.3) is 12.2 Å². The van der Waals surface area contributed by atoms with Gasteiger partial charge in [0.2, 0.25) is 0 Å². The molecule has 1 aromatic carbocycles. The summed E-state index contributed by atoms with van der Waals surface area (Å²) in [6, 6.07) is 8.49. The van der Waals surface area contributed by atoms with Gasteiger partial charge in [-0.3, -0.25) is 4.99 Å². The maximum atomic E-state index is 4.60. The van der Waals surface area contributed by atoms with Crippen molar-refractivity contribution in [2.45, 2.75) is 12.8 Å². The topological polar surface area (TPSA) is 12.4 Å². The van der Waals surface area contributed by atoms with Gasteiger partial charge in [-0.05, 0) is 40.5 Å². The molecule has 0 spiro atoms. The zero-order valence-electron chi connectivity index (χ0n) is 11.0. The molecule has 0 amide bonds. The van der Waals surface area contributed by atoms with Crippen molar-refractivity contribution in [2.75, 3.05) is 6.54 Å². The van der Waals surface area contributed by atoms with E-state index in [1.165, 1.54) is 16.0 Å². The van der Waals surface area contributed by atoms with E-state index < -0.39 is 0 Å². The number of hydrogen-bond acceptors (Lipinski definition) is 1. The summed E-state index contributed by atoms with van der Waals surface area (Å²) < 4.78 is 0. The fraction of sp³-hybridized carbons (Fsp3) is 0.167. The van der Waals surface area contributed by atoms with E-state index in [0.29, 0.717) is 0 Å². The maximum Gasteiger partial charge on any atom is 0.0646 e. The summed E-state index contributed by atoms with van der Waals surface area (Å²) in [5.74, 6) is 0. The summed E-state index contributed by atoms with van der Waals surface area (Å²) >= 11 is 0. The highest BCUT2D eigenvalue weighted by atomic mass is 14.7. The molecule has 0 bridgehead atoms. The Kier molecular flexibility index (Phi) is 3.28. The highest BCUT2D eigenvalue weighted by Crippen LogP contribution is 2.14. The predicted octanol–water partition coefficient (Wildman–Crippen LogP) is 2.53. The average molecular weight is 247 g/mol. The first-order valence-corrected chi connectivity index (χ1v) is 6.72. The normalized spacial score (nSPS) is 19.7. The van der Waals surface area contributed by atoms with Gasteiger partial charge in [-0.25, -0.2) is 0 Å². The number of benzene rings is 1. The average Bonchev–Trinajstić information content (AvgIpc) is 2.48. The lowest BCUT2D eigenvalue weighted by Gasteiger charge is -2.11. The molecule has 1 heteroatoms. The van der Waals surface area contributed by atoms with E-state index >= 15 is 0 Å². The largest absolute Gasteiger partial charge is 0.284 e. The van der Waals surface area contributed by atoms with E-state index in [0.717, 1.165) is 30.7 Å². The van der Waals surface area contributed by atoms with Gasteiger partial charge in [-0.15, -0.1) is 0 Å². The van der Waals surface area contributed by atoms with Crippen LogP contribution in [0.1, 0.15) is 12.8 Å². The van der Waals surface area contributed by atoms with Gasteiger partial charge in [0.05, 0.1) is 5.71 Å². The summed E-state index contributed by atoms with van der Waals surface area (Å²) in [7, 11) is 0. The molecule has 1 aromatic rings. The number of hydrogen-bond donors (Lipinski definition) is 0. The summed E-state index contributed by atoms with van der Waals surface area (Å²) in [6.07, 6.45) is 12.8. The Balaban J connectivity index is 1.99. The third kappa shape index (κ3) is 2.50. The number of fused-ring (bicyclic) bond motifs is 1. The van der Waals surface area contributed by atoms with Crippen LogP contribution in [0.5, 0.6) is 0 Å². The Morgan fingerprint density at radius 2 is 1.95 bits per heavy atom. The fourth-order valence-corrected chi connectivity index (χ4v) is 2.51. The molecule has 1 aliphatic carbocycles. The van der Waals surface area contributed by atoms with E-state index in [1.54, 1.807) is 0 Å². The van der Waals surface area contributed by atoms with E-state index in [4.69, 9.17) is 0 Å². The fourth-order valence-electron chi connectivity index (χ4n) is 2.51. The van der Waals surface area contributed by atoms with Crippen molar-refractivity contribution in [1.29, 1.82) is 0 Å². The van der Waals surface area contributed by atoms with Crippen molar-refractivity contribution in [3.05, 3.63) is 70.7 Å². The standard InChI is InChI=1S/C18H17N/c1-2-15-8-5-11-19-18(15)13-14-9-10-16-6-3-4-7-17(16)12-14/h2-4,6-8,10,12-13H,1,5,9,11H2/b14-13+. The smallest absolute Gasteiger partial charge is 0.0646 e. The van der Waals surface area contributed by atoms with Gasteiger partial charge in [0.25, 0.3) is 0 Å². The van der Waals surface area contributed by atoms with E-state index in [-0.39, 0.29) is 0 Å². The van der Waals surface area contributed by atoms with Crippen molar-refractivity contribution >= 4 is 17.9 Å². The van der Waals surface area contributed by atoms with Crippen LogP contribution in [0.3, 0.4) is 0 Å². The van der Waals surface area contributed by atoms with E-state index in [9.17, 15) is 0 Å². The van der Waals surface area contributed by atoms with Crippen LogP contribution < -0.4 is 10.4 Å². The monoisotopic (exact) mass is 247 g/mol. The molecular formula is C18H17N. The lowest BCUT2D eigenvalue weighted by Crippen LogP contribution is -2.26. The van der Waals surface area contributed by atoms with Crippen LogP contribution in [0.2, 0.25) is 0 Å². The third-order valence-corrected chi connectivity index (χ3v) is 3.51. The van der Waals surface area contributed by atoms with Crippen LogP contribution in [0.4, 0.5) is 0 Å². The number of allylic oxidation sites excluding steroid dienone is 4. The van der Waals surface area contributed by atoms with Crippen LogP contribution in [-0.2, 0) is 0 Å².